The fourth-order valence-corrected chi connectivity index (χ4v) is 3.14. The Labute approximate surface area is 131 Å². The molecule has 0 bridgehead atoms. The van der Waals surface area contributed by atoms with Crippen molar-refractivity contribution in [1.29, 1.82) is 0 Å². The predicted molar refractivity (Wildman–Crippen MR) is 89.3 cm³/mol. The molecule has 1 heterocycles. The van der Waals surface area contributed by atoms with Crippen LogP contribution in [0.5, 0.6) is 0 Å². The van der Waals surface area contributed by atoms with Crippen molar-refractivity contribution in [3.05, 3.63) is 42.2 Å². The van der Waals surface area contributed by atoms with Crippen molar-refractivity contribution in [1.82, 2.24) is 9.55 Å². The molecular weight excluding hydrogens is 280 g/mol. The van der Waals surface area contributed by atoms with Gasteiger partial charge in [0.1, 0.15) is 0 Å². The van der Waals surface area contributed by atoms with Crippen LogP contribution in [0.2, 0.25) is 0 Å². The Balaban J connectivity index is 1.99. The molecule has 0 aliphatic rings. The first-order chi connectivity index (χ1) is 10.2. The molecule has 0 unspecified atom stereocenters. The van der Waals surface area contributed by atoms with E-state index in [1.54, 1.807) is 11.8 Å². The molecule has 2 rings (SSSR count). The van der Waals surface area contributed by atoms with E-state index in [0.29, 0.717) is 12.5 Å². The van der Waals surface area contributed by atoms with Gasteiger partial charge in [-0.25, -0.2) is 4.98 Å². The van der Waals surface area contributed by atoms with Gasteiger partial charge in [0.05, 0.1) is 0 Å². The van der Waals surface area contributed by atoms with Gasteiger partial charge in [-0.1, -0.05) is 44.2 Å². The van der Waals surface area contributed by atoms with Gasteiger partial charge in [0.2, 0.25) is 0 Å². The number of rotatable bonds is 8. The van der Waals surface area contributed by atoms with Crippen LogP contribution >= 0.6 is 11.8 Å². The molecule has 21 heavy (non-hydrogen) atoms. The molecule has 1 aromatic carbocycles. The smallest absolute Gasteiger partial charge is 0.172 e. The summed E-state index contributed by atoms with van der Waals surface area (Å²) in [4.78, 5) is 4.44. The minimum atomic E-state index is 0.293. The Morgan fingerprint density at radius 3 is 2.57 bits per heavy atom. The van der Waals surface area contributed by atoms with E-state index < -0.39 is 0 Å². The van der Waals surface area contributed by atoms with E-state index in [1.807, 2.05) is 12.4 Å². The third-order valence-electron chi connectivity index (χ3n) is 3.48. The summed E-state index contributed by atoms with van der Waals surface area (Å²) in [6.45, 7) is 4.71. The highest BCUT2D eigenvalue weighted by Crippen LogP contribution is 2.23. The lowest BCUT2D eigenvalue weighted by atomic mass is 10.0. The van der Waals surface area contributed by atoms with Crippen LogP contribution in [0.1, 0.15) is 44.6 Å². The molecule has 114 valence electrons. The topological polar surface area (TPSA) is 38.0 Å². The summed E-state index contributed by atoms with van der Waals surface area (Å²) in [5.74, 6) is 1.60. The fraction of sp³-hybridized carbons (Fsp3) is 0.471. The molecule has 1 N–H and O–H groups in total. The molecule has 0 saturated heterocycles. The highest BCUT2D eigenvalue weighted by atomic mass is 32.2. The number of thioether (sulfide) groups is 1. The van der Waals surface area contributed by atoms with Gasteiger partial charge in [-0.05, 0) is 36.5 Å². The number of hydrogen-bond acceptors (Lipinski definition) is 3. The van der Waals surface area contributed by atoms with Crippen molar-refractivity contribution in [2.24, 2.45) is 0 Å². The van der Waals surface area contributed by atoms with E-state index in [4.69, 9.17) is 5.11 Å². The third kappa shape index (κ3) is 4.61. The van der Waals surface area contributed by atoms with Crippen LogP contribution in [0.25, 0.3) is 5.69 Å². The fourth-order valence-electron chi connectivity index (χ4n) is 2.17. The minimum Gasteiger partial charge on any atom is -0.396 e. The molecule has 0 amide bonds. The number of aliphatic hydroxyl groups is 1. The van der Waals surface area contributed by atoms with Crippen molar-refractivity contribution < 1.29 is 5.11 Å². The van der Waals surface area contributed by atoms with Gasteiger partial charge >= 0.3 is 0 Å². The zero-order valence-electron chi connectivity index (χ0n) is 12.8. The van der Waals surface area contributed by atoms with Gasteiger partial charge in [-0.15, -0.1) is 0 Å². The number of benzene rings is 1. The first kappa shape index (κ1) is 16.1. The van der Waals surface area contributed by atoms with Gasteiger partial charge in [-0.3, -0.25) is 4.57 Å². The van der Waals surface area contributed by atoms with Crippen LogP contribution in [-0.4, -0.2) is 27.0 Å². The van der Waals surface area contributed by atoms with Crippen LogP contribution in [0.15, 0.2) is 41.8 Å². The third-order valence-corrected chi connectivity index (χ3v) is 4.53. The first-order valence-electron chi connectivity index (χ1n) is 7.59. The van der Waals surface area contributed by atoms with Gasteiger partial charge in [0, 0.05) is 30.4 Å². The molecule has 0 spiro atoms. The van der Waals surface area contributed by atoms with Gasteiger partial charge < -0.3 is 5.11 Å². The molecule has 0 atom stereocenters. The summed E-state index contributed by atoms with van der Waals surface area (Å²) in [6, 6.07) is 8.70. The summed E-state index contributed by atoms with van der Waals surface area (Å²) in [5.41, 5.74) is 2.52. The lowest BCUT2D eigenvalue weighted by molar-refractivity contribution is 0.284. The molecule has 3 nitrogen and oxygen atoms in total. The maximum absolute atomic E-state index is 8.78. The van der Waals surface area contributed by atoms with Crippen LogP contribution in [0, 0.1) is 0 Å². The number of hydrogen-bond donors (Lipinski definition) is 1. The SMILES string of the molecule is CC(C)c1ccc(-n2ccnc2SCCCCCO)cc1. The standard InChI is InChI=1S/C17H24N2OS/c1-14(2)15-6-8-16(9-7-15)19-11-10-18-17(19)21-13-5-3-4-12-20/h6-11,14,20H,3-5,12-13H2,1-2H3. The molecule has 0 saturated carbocycles. The van der Waals surface area contributed by atoms with Crippen molar-refractivity contribution >= 4 is 11.8 Å². The van der Waals surface area contributed by atoms with Crippen LogP contribution in [0.3, 0.4) is 0 Å². The monoisotopic (exact) mass is 304 g/mol. The van der Waals surface area contributed by atoms with Crippen LogP contribution in [0.4, 0.5) is 0 Å². The Kier molecular flexibility index (Phi) is 6.33. The number of aliphatic hydroxyl groups excluding tert-OH is 1. The summed E-state index contributed by atoms with van der Waals surface area (Å²) in [5, 5.41) is 9.82. The van der Waals surface area contributed by atoms with Crippen molar-refractivity contribution in [3.63, 3.8) is 0 Å². The molecule has 1 aromatic heterocycles. The average molecular weight is 304 g/mol. The van der Waals surface area contributed by atoms with Gasteiger partial charge in [-0.2, -0.15) is 0 Å². The number of aromatic nitrogens is 2. The molecule has 2 aromatic rings. The molecule has 0 radical (unpaired) electrons. The van der Waals surface area contributed by atoms with E-state index in [2.05, 4.69) is 47.7 Å². The maximum atomic E-state index is 8.78. The van der Waals surface area contributed by atoms with E-state index in [0.717, 1.165) is 35.9 Å². The Morgan fingerprint density at radius 1 is 1.14 bits per heavy atom. The van der Waals surface area contributed by atoms with Gasteiger partial charge in [0.25, 0.3) is 0 Å². The van der Waals surface area contributed by atoms with Crippen molar-refractivity contribution in [2.45, 2.75) is 44.2 Å². The Hall–Kier alpha value is -1.26. The minimum absolute atomic E-state index is 0.293. The predicted octanol–water partition coefficient (Wildman–Crippen LogP) is 4.25. The quantitative estimate of drug-likeness (QED) is 0.585. The second kappa shape index (κ2) is 8.25. The second-order valence-corrected chi connectivity index (χ2v) is 6.52. The molecular formula is C17H24N2OS. The van der Waals surface area contributed by atoms with E-state index in [1.165, 1.54) is 5.56 Å². The van der Waals surface area contributed by atoms with Crippen molar-refractivity contribution in [3.8, 4) is 5.69 Å². The number of imidazole rings is 1. The zero-order chi connectivity index (χ0) is 15.1. The average Bonchev–Trinajstić information content (AvgIpc) is 2.95. The highest BCUT2D eigenvalue weighted by molar-refractivity contribution is 7.99. The molecule has 0 fully saturated rings. The Morgan fingerprint density at radius 2 is 1.90 bits per heavy atom. The normalized spacial score (nSPS) is 11.2. The van der Waals surface area contributed by atoms with E-state index >= 15 is 0 Å². The van der Waals surface area contributed by atoms with Crippen molar-refractivity contribution in [2.75, 3.05) is 12.4 Å². The van der Waals surface area contributed by atoms with Crippen LogP contribution < -0.4 is 0 Å². The molecule has 0 aliphatic heterocycles. The molecule has 4 heteroatoms. The Bertz CT molecular complexity index is 534. The summed E-state index contributed by atoms with van der Waals surface area (Å²) in [7, 11) is 0. The maximum Gasteiger partial charge on any atom is 0.172 e. The van der Waals surface area contributed by atoms with Gasteiger partial charge in [0.15, 0.2) is 5.16 Å². The van der Waals surface area contributed by atoms with Crippen LogP contribution in [-0.2, 0) is 0 Å². The lowest BCUT2D eigenvalue weighted by Gasteiger charge is -2.10. The second-order valence-electron chi connectivity index (χ2n) is 5.46. The molecule has 0 aliphatic carbocycles. The summed E-state index contributed by atoms with van der Waals surface area (Å²) >= 11 is 1.78. The summed E-state index contributed by atoms with van der Waals surface area (Å²) in [6.07, 6.45) is 6.95. The highest BCUT2D eigenvalue weighted by Gasteiger charge is 2.06. The number of nitrogens with zero attached hydrogens (tertiary/aromatic N) is 2. The summed E-state index contributed by atoms with van der Waals surface area (Å²) < 4.78 is 2.14. The lowest BCUT2D eigenvalue weighted by Crippen LogP contribution is -1.97. The largest absolute Gasteiger partial charge is 0.396 e. The number of unbranched alkanes of at least 4 members (excludes halogenated alkanes) is 2. The zero-order valence-corrected chi connectivity index (χ0v) is 13.6. The first-order valence-corrected chi connectivity index (χ1v) is 8.58. The van der Waals surface area contributed by atoms with E-state index in [9.17, 15) is 0 Å². The van der Waals surface area contributed by atoms with E-state index in [-0.39, 0.29) is 0 Å².